The second kappa shape index (κ2) is 8.37. The van der Waals surface area contributed by atoms with Gasteiger partial charge >= 0.3 is 0 Å². The first-order valence-corrected chi connectivity index (χ1v) is 9.25. The van der Waals surface area contributed by atoms with Crippen LogP contribution < -0.4 is 10.1 Å². The Labute approximate surface area is 169 Å². The van der Waals surface area contributed by atoms with Gasteiger partial charge in [0.2, 0.25) is 5.91 Å². The van der Waals surface area contributed by atoms with Gasteiger partial charge in [0, 0.05) is 0 Å². The van der Waals surface area contributed by atoms with Gasteiger partial charge in [0.05, 0.1) is 22.7 Å². The van der Waals surface area contributed by atoms with Gasteiger partial charge < -0.3 is 15.2 Å². The third-order valence-corrected chi connectivity index (χ3v) is 5.06. The van der Waals surface area contributed by atoms with E-state index in [1.54, 1.807) is 36.4 Å². The zero-order chi connectivity index (χ0) is 20.3. The molecule has 2 aromatic rings. The summed E-state index contributed by atoms with van der Waals surface area (Å²) in [5, 5.41) is 12.2. The van der Waals surface area contributed by atoms with Crippen LogP contribution in [0.2, 0.25) is 5.02 Å². The molecule has 3 rings (SSSR count). The number of methoxy groups -OCH3 is 1. The highest BCUT2D eigenvalue weighted by molar-refractivity contribution is 8.18. The van der Waals surface area contributed by atoms with Gasteiger partial charge in [-0.15, -0.1) is 0 Å². The second-order valence-corrected chi connectivity index (χ2v) is 7.13. The van der Waals surface area contributed by atoms with E-state index in [4.69, 9.17) is 16.3 Å². The Morgan fingerprint density at radius 1 is 1.29 bits per heavy atom. The number of hydrogen-bond donors (Lipinski definition) is 2. The van der Waals surface area contributed by atoms with E-state index in [1.165, 1.54) is 19.3 Å². The van der Waals surface area contributed by atoms with Crippen LogP contribution in [0.4, 0.5) is 10.5 Å². The van der Waals surface area contributed by atoms with Crippen molar-refractivity contribution in [3.63, 3.8) is 0 Å². The van der Waals surface area contributed by atoms with E-state index in [1.807, 2.05) is 0 Å². The van der Waals surface area contributed by atoms with Crippen LogP contribution in [0.3, 0.4) is 0 Å². The molecule has 7 nitrogen and oxygen atoms in total. The maximum Gasteiger partial charge on any atom is 0.294 e. The van der Waals surface area contributed by atoms with E-state index in [0.717, 1.165) is 16.7 Å². The molecule has 0 radical (unpaired) electrons. The molecule has 0 unspecified atom stereocenters. The number of imide groups is 1. The molecule has 0 bridgehead atoms. The fraction of sp³-hybridized carbons (Fsp3) is 0.105. The van der Waals surface area contributed by atoms with Crippen molar-refractivity contribution >= 4 is 52.2 Å². The summed E-state index contributed by atoms with van der Waals surface area (Å²) in [6.07, 6.45) is 1.47. The van der Waals surface area contributed by atoms with Crippen molar-refractivity contribution < 1.29 is 24.2 Å². The summed E-state index contributed by atoms with van der Waals surface area (Å²) >= 11 is 6.71. The van der Waals surface area contributed by atoms with Gasteiger partial charge in [-0.1, -0.05) is 29.8 Å². The number of amides is 3. The fourth-order valence-corrected chi connectivity index (χ4v) is 3.50. The molecule has 1 heterocycles. The molecule has 1 saturated heterocycles. The normalized spacial score (nSPS) is 15.2. The van der Waals surface area contributed by atoms with Gasteiger partial charge in [-0.3, -0.25) is 19.3 Å². The zero-order valence-electron chi connectivity index (χ0n) is 14.6. The van der Waals surface area contributed by atoms with Crippen LogP contribution in [0.25, 0.3) is 6.08 Å². The molecule has 0 atom stereocenters. The summed E-state index contributed by atoms with van der Waals surface area (Å²) in [5.74, 6) is -0.922. The predicted molar refractivity (Wildman–Crippen MR) is 107 cm³/mol. The predicted octanol–water partition coefficient (Wildman–Crippen LogP) is 3.73. The van der Waals surface area contributed by atoms with Gasteiger partial charge in [0.1, 0.15) is 6.54 Å². The van der Waals surface area contributed by atoms with Crippen molar-refractivity contribution in [2.75, 3.05) is 19.0 Å². The molecule has 144 valence electrons. The highest BCUT2D eigenvalue weighted by Gasteiger charge is 2.36. The lowest BCUT2D eigenvalue weighted by Crippen LogP contribution is -2.36. The van der Waals surface area contributed by atoms with Crippen LogP contribution in [-0.2, 0) is 9.59 Å². The second-order valence-electron chi connectivity index (χ2n) is 5.73. The Kier molecular flexibility index (Phi) is 5.91. The number of halogens is 1. The molecule has 2 N–H and O–H groups in total. The molecule has 0 aliphatic carbocycles. The smallest absolute Gasteiger partial charge is 0.294 e. The Balaban J connectivity index is 1.72. The first-order chi connectivity index (χ1) is 13.4. The number of benzene rings is 2. The van der Waals surface area contributed by atoms with Gasteiger partial charge in [-0.05, 0) is 47.7 Å². The average Bonchev–Trinajstić information content (AvgIpc) is 2.91. The van der Waals surface area contributed by atoms with Crippen LogP contribution in [0.5, 0.6) is 11.5 Å². The van der Waals surface area contributed by atoms with Crippen molar-refractivity contribution in [1.82, 2.24) is 4.90 Å². The van der Waals surface area contributed by atoms with Gasteiger partial charge in [-0.25, -0.2) is 0 Å². The lowest BCUT2D eigenvalue weighted by molar-refractivity contribution is -0.127. The Morgan fingerprint density at radius 2 is 2.04 bits per heavy atom. The molecule has 1 aliphatic rings. The molecular weight excluding hydrogens is 404 g/mol. The minimum Gasteiger partial charge on any atom is -0.504 e. The molecule has 1 fully saturated rings. The molecule has 9 heteroatoms. The summed E-state index contributed by atoms with van der Waals surface area (Å²) in [7, 11) is 1.42. The van der Waals surface area contributed by atoms with Crippen molar-refractivity contribution in [1.29, 1.82) is 0 Å². The summed E-state index contributed by atoms with van der Waals surface area (Å²) in [5.41, 5.74) is 0.912. The van der Waals surface area contributed by atoms with E-state index in [9.17, 15) is 19.5 Å². The van der Waals surface area contributed by atoms with Crippen LogP contribution in [0, 0.1) is 0 Å². The lowest BCUT2D eigenvalue weighted by Gasteiger charge is -2.13. The number of phenols is 1. The van der Waals surface area contributed by atoms with Crippen LogP contribution in [-0.4, -0.2) is 40.7 Å². The van der Waals surface area contributed by atoms with Gasteiger partial charge in [0.15, 0.2) is 11.5 Å². The standard InChI is InChI=1S/C19H15ClN2O5S/c1-27-15-7-6-11(8-14(15)23)9-16-18(25)22(19(26)28-16)10-17(24)21-13-5-3-2-4-12(13)20/h2-9,23H,10H2,1H3,(H,21,24)/b16-9+. The molecule has 0 saturated carbocycles. The molecule has 0 aromatic heterocycles. The minimum absolute atomic E-state index is 0.0883. The van der Waals surface area contributed by atoms with Crippen LogP contribution in [0.1, 0.15) is 5.56 Å². The number of ether oxygens (including phenoxy) is 1. The maximum atomic E-state index is 12.5. The summed E-state index contributed by atoms with van der Waals surface area (Å²) < 4.78 is 4.97. The van der Waals surface area contributed by atoms with E-state index in [-0.39, 0.29) is 10.7 Å². The number of rotatable bonds is 5. The maximum absolute atomic E-state index is 12.5. The van der Waals surface area contributed by atoms with Gasteiger partial charge in [-0.2, -0.15) is 0 Å². The van der Waals surface area contributed by atoms with E-state index >= 15 is 0 Å². The largest absolute Gasteiger partial charge is 0.504 e. The molecule has 0 spiro atoms. The quantitative estimate of drug-likeness (QED) is 0.718. The number of nitrogens with zero attached hydrogens (tertiary/aromatic N) is 1. The van der Waals surface area contributed by atoms with E-state index in [0.29, 0.717) is 22.0 Å². The Bertz CT molecular complexity index is 992. The summed E-state index contributed by atoms with van der Waals surface area (Å²) in [6, 6.07) is 11.2. The number of anilines is 1. The fourth-order valence-electron chi connectivity index (χ4n) is 2.48. The topological polar surface area (TPSA) is 95.9 Å². The third-order valence-electron chi connectivity index (χ3n) is 3.82. The molecule has 28 heavy (non-hydrogen) atoms. The highest BCUT2D eigenvalue weighted by Crippen LogP contribution is 2.34. The molecule has 3 amide bonds. The SMILES string of the molecule is COc1ccc(/C=C2/SC(=O)N(CC(=O)Nc3ccccc3Cl)C2=O)cc1O. The summed E-state index contributed by atoms with van der Waals surface area (Å²) in [6.45, 7) is -0.429. The molecular formula is C19H15ClN2O5S. The minimum atomic E-state index is -0.584. The van der Waals surface area contributed by atoms with Crippen molar-refractivity contribution in [2.45, 2.75) is 0 Å². The number of para-hydroxylation sites is 1. The van der Waals surface area contributed by atoms with Crippen molar-refractivity contribution in [2.24, 2.45) is 0 Å². The van der Waals surface area contributed by atoms with Crippen molar-refractivity contribution in [3.8, 4) is 11.5 Å². The Morgan fingerprint density at radius 3 is 2.71 bits per heavy atom. The number of nitrogens with one attached hydrogen (secondary N) is 1. The third kappa shape index (κ3) is 4.29. The Hall–Kier alpha value is -2.97. The number of carbonyl (C=O) groups is 3. The average molecular weight is 419 g/mol. The monoisotopic (exact) mass is 418 g/mol. The van der Waals surface area contributed by atoms with E-state index < -0.39 is 23.6 Å². The van der Waals surface area contributed by atoms with Crippen molar-refractivity contribution in [3.05, 3.63) is 58.0 Å². The number of phenolic OH excluding ortho intramolecular Hbond substituents is 1. The number of hydrogen-bond acceptors (Lipinski definition) is 6. The lowest BCUT2D eigenvalue weighted by atomic mass is 10.2. The van der Waals surface area contributed by atoms with Crippen LogP contribution >= 0.6 is 23.4 Å². The first-order valence-electron chi connectivity index (χ1n) is 8.06. The summed E-state index contributed by atoms with van der Waals surface area (Å²) in [4.78, 5) is 37.9. The van der Waals surface area contributed by atoms with Gasteiger partial charge in [0.25, 0.3) is 11.1 Å². The number of aromatic hydroxyl groups is 1. The number of thioether (sulfide) groups is 1. The number of carbonyl (C=O) groups excluding carboxylic acids is 3. The highest BCUT2D eigenvalue weighted by atomic mass is 35.5. The molecule has 2 aromatic carbocycles. The van der Waals surface area contributed by atoms with Crippen LogP contribution in [0.15, 0.2) is 47.4 Å². The molecule has 1 aliphatic heterocycles. The zero-order valence-corrected chi connectivity index (χ0v) is 16.2. The van der Waals surface area contributed by atoms with E-state index in [2.05, 4.69) is 5.32 Å². The first kappa shape index (κ1) is 19.8.